The molecule has 0 aliphatic rings. The smallest absolute Gasteiger partial charge is 0.225 e. The van der Waals surface area contributed by atoms with E-state index in [0.717, 1.165) is 33.4 Å². The highest BCUT2D eigenvalue weighted by Gasteiger charge is 2.17. The number of azo groups is 1. The Morgan fingerprint density at radius 2 is 1.70 bits per heavy atom. The van der Waals surface area contributed by atoms with E-state index in [1.807, 2.05) is 84.3 Å². The van der Waals surface area contributed by atoms with E-state index in [-0.39, 0.29) is 6.04 Å². The van der Waals surface area contributed by atoms with E-state index < -0.39 is 0 Å². The Hall–Kier alpha value is -4.72. The minimum Gasteiger partial charge on any atom is -0.348 e. The van der Waals surface area contributed by atoms with Crippen molar-refractivity contribution >= 4 is 22.8 Å². The van der Waals surface area contributed by atoms with Gasteiger partial charge in [-0.25, -0.2) is 9.97 Å². The van der Waals surface area contributed by atoms with Crippen LogP contribution in [0.2, 0.25) is 0 Å². The lowest BCUT2D eigenvalue weighted by Gasteiger charge is -2.17. The lowest BCUT2D eigenvalue weighted by Crippen LogP contribution is -2.12. The minimum absolute atomic E-state index is 0.00480. The van der Waals surface area contributed by atoms with Crippen LogP contribution in [0.5, 0.6) is 0 Å². The number of anilines is 1. The van der Waals surface area contributed by atoms with Crippen LogP contribution in [0.4, 0.5) is 5.95 Å². The van der Waals surface area contributed by atoms with E-state index in [4.69, 9.17) is 9.97 Å². The van der Waals surface area contributed by atoms with Gasteiger partial charge < -0.3 is 5.32 Å². The molecule has 8 heteroatoms. The van der Waals surface area contributed by atoms with E-state index in [9.17, 15) is 0 Å². The first-order chi connectivity index (χ1) is 18.2. The van der Waals surface area contributed by atoms with Gasteiger partial charge in [0.15, 0.2) is 5.84 Å². The fraction of sp³-hybridized carbons (Fsp3) is 0.172. The van der Waals surface area contributed by atoms with Gasteiger partial charge in [0.2, 0.25) is 5.95 Å². The van der Waals surface area contributed by atoms with E-state index in [1.54, 1.807) is 13.4 Å². The molecule has 0 unspecified atom stereocenters. The van der Waals surface area contributed by atoms with Crippen LogP contribution < -0.4 is 5.32 Å². The molecule has 37 heavy (non-hydrogen) atoms. The van der Waals surface area contributed by atoms with Gasteiger partial charge in [-0.1, -0.05) is 66.7 Å². The molecular weight excluding hydrogens is 460 g/mol. The van der Waals surface area contributed by atoms with Gasteiger partial charge in [0.05, 0.1) is 22.8 Å². The lowest BCUT2D eigenvalue weighted by atomic mass is 10.0. The fourth-order valence-electron chi connectivity index (χ4n) is 4.24. The number of fused-ring (bicyclic) bond motifs is 1. The van der Waals surface area contributed by atoms with Gasteiger partial charge in [-0.2, -0.15) is 10.1 Å². The summed E-state index contributed by atoms with van der Waals surface area (Å²) in [6, 6.07) is 28.2. The highest BCUT2D eigenvalue weighted by molar-refractivity contribution is 6.04. The van der Waals surface area contributed by atoms with Crippen LogP contribution in [-0.2, 0) is 0 Å². The number of nitrogens with one attached hydrogen (secondary N) is 1. The topological polar surface area (TPSA) is 92.7 Å². The number of benzene rings is 3. The second-order valence-electron chi connectivity index (χ2n) is 8.46. The minimum atomic E-state index is 0.00480. The summed E-state index contributed by atoms with van der Waals surface area (Å²) in [6.07, 6.45) is 1.79. The van der Waals surface area contributed by atoms with E-state index in [2.05, 4.69) is 44.6 Å². The molecule has 1 atom stereocenters. The maximum absolute atomic E-state index is 4.94. The Morgan fingerprint density at radius 3 is 2.51 bits per heavy atom. The van der Waals surface area contributed by atoms with Gasteiger partial charge in [0.25, 0.3) is 0 Å². The van der Waals surface area contributed by atoms with Gasteiger partial charge in [-0.15, -0.1) is 5.11 Å². The molecule has 0 aliphatic heterocycles. The van der Waals surface area contributed by atoms with Crippen LogP contribution in [0.25, 0.3) is 28.1 Å². The monoisotopic (exact) mass is 488 g/mol. The standard InChI is InChI=1S/C29H28N8/c1-4-31-28(36-30-3)23-15-9-8-14-22(23)25-18-27(37-19-32-24-16-10-11-17-26(24)37)35-29(34-25)33-20(2)21-12-6-5-7-13-21/h5-20H,4H2,1-3H3,(H,33,34,35)/t20-/m0/s1. The maximum atomic E-state index is 4.94. The summed E-state index contributed by atoms with van der Waals surface area (Å²) >= 11 is 0. The second kappa shape index (κ2) is 10.9. The number of amidine groups is 1. The van der Waals surface area contributed by atoms with Crippen molar-refractivity contribution in [3.8, 4) is 17.1 Å². The molecule has 0 saturated heterocycles. The van der Waals surface area contributed by atoms with Gasteiger partial charge in [0.1, 0.15) is 12.1 Å². The Balaban J connectivity index is 1.67. The number of rotatable bonds is 7. The van der Waals surface area contributed by atoms with Crippen molar-refractivity contribution in [3.63, 3.8) is 0 Å². The summed E-state index contributed by atoms with van der Waals surface area (Å²) in [6.45, 7) is 4.67. The van der Waals surface area contributed by atoms with E-state index >= 15 is 0 Å². The van der Waals surface area contributed by atoms with Crippen LogP contribution in [-0.4, -0.2) is 38.9 Å². The predicted octanol–water partition coefficient (Wildman–Crippen LogP) is 6.50. The molecule has 184 valence electrons. The molecule has 0 bridgehead atoms. The van der Waals surface area contributed by atoms with Gasteiger partial charge in [-0.3, -0.25) is 9.56 Å². The third-order valence-corrected chi connectivity index (χ3v) is 6.00. The molecule has 1 N–H and O–H groups in total. The first-order valence-electron chi connectivity index (χ1n) is 12.2. The van der Waals surface area contributed by atoms with Crippen molar-refractivity contribution in [3.05, 3.63) is 102 Å². The zero-order valence-electron chi connectivity index (χ0n) is 21.1. The van der Waals surface area contributed by atoms with Crippen molar-refractivity contribution < 1.29 is 0 Å². The third-order valence-electron chi connectivity index (χ3n) is 6.00. The lowest BCUT2D eigenvalue weighted by molar-refractivity contribution is 0.855. The molecule has 0 aliphatic carbocycles. The summed E-state index contributed by atoms with van der Waals surface area (Å²) in [7, 11) is 1.65. The Kier molecular flexibility index (Phi) is 7.07. The average molecular weight is 489 g/mol. The number of nitrogens with zero attached hydrogens (tertiary/aromatic N) is 7. The molecular formula is C29H28N8. The Labute approximate surface area is 215 Å². The normalized spacial score (nSPS) is 12.8. The van der Waals surface area contributed by atoms with Crippen LogP contribution in [0, 0.1) is 0 Å². The van der Waals surface area contributed by atoms with Crippen molar-refractivity contribution in [2.45, 2.75) is 19.9 Å². The number of aromatic nitrogens is 4. The summed E-state index contributed by atoms with van der Waals surface area (Å²) in [5, 5.41) is 11.8. The molecule has 5 aromatic rings. The summed E-state index contributed by atoms with van der Waals surface area (Å²) in [5.41, 5.74) is 5.51. The van der Waals surface area contributed by atoms with Crippen LogP contribution in [0.3, 0.4) is 0 Å². The zero-order valence-corrected chi connectivity index (χ0v) is 21.1. The molecule has 0 spiro atoms. The Bertz CT molecular complexity index is 1570. The molecule has 2 aromatic heterocycles. The summed E-state index contributed by atoms with van der Waals surface area (Å²) in [5.74, 6) is 1.80. The Morgan fingerprint density at radius 1 is 0.946 bits per heavy atom. The highest BCUT2D eigenvalue weighted by Crippen LogP contribution is 2.28. The van der Waals surface area contributed by atoms with Crippen LogP contribution >= 0.6 is 0 Å². The average Bonchev–Trinajstić information content (AvgIpc) is 3.38. The van der Waals surface area contributed by atoms with Crippen LogP contribution in [0.1, 0.15) is 31.0 Å². The van der Waals surface area contributed by atoms with Gasteiger partial charge >= 0.3 is 0 Å². The number of aliphatic imine (C=N–C) groups is 1. The molecule has 5 rings (SSSR count). The zero-order chi connectivity index (χ0) is 25.6. The van der Waals surface area contributed by atoms with E-state index in [0.29, 0.717) is 24.1 Å². The van der Waals surface area contributed by atoms with Crippen molar-refractivity contribution in [1.82, 2.24) is 19.5 Å². The fourth-order valence-corrected chi connectivity index (χ4v) is 4.24. The van der Waals surface area contributed by atoms with Crippen LogP contribution in [0.15, 0.2) is 106 Å². The van der Waals surface area contributed by atoms with Crippen molar-refractivity contribution in [1.29, 1.82) is 0 Å². The molecule has 0 saturated carbocycles. The number of hydrogen-bond donors (Lipinski definition) is 1. The van der Waals surface area contributed by atoms with Gasteiger partial charge in [0, 0.05) is 30.8 Å². The molecule has 3 aromatic carbocycles. The SMILES string of the molecule is CCN=C(N=NC)c1ccccc1-c1cc(-n2cnc3ccccc32)nc(N[C@@H](C)c2ccccc2)n1. The van der Waals surface area contributed by atoms with Crippen molar-refractivity contribution in [2.24, 2.45) is 15.2 Å². The second-order valence-corrected chi connectivity index (χ2v) is 8.46. The molecule has 0 amide bonds. The largest absolute Gasteiger partial charge is 0.348 e. The number of imidazole rings is 1. The molecule has 0 radical (unpaired) electrons. The predicted molar refractivity (Wildman–Crippen MR) is 148 cm³/mol. The van der Waals surface area contributed by atoms with E-state index in [1.165, 1.54) is 0 Å². The number of para-hydroxylation sites is 2. The summed E-state index contributed by atoms with van der Waals surface area (Å²) < 4.78 is 1.98. The third kappa shape index (κ3) is 5.13. The highest BCUT2D eigenvalue weighted by atomic mass is 15.2. The molecule has 8 nitrogen and oxygen atoms in total. The summed E-state index contributed by atoms with van der Waals surface area (Å²) in [4.78, 5) is 19.0. The first kappa shape index (κ1) is 24.0. The maximum Gasteiger partial charge on any atom is 0.225 e. The van der Waals surface area contributed by atoms with Crippen molar-refractivity contribution in [2.75, 3.05) is 18.9 Å². The quantitative estimate of drug-likeness (QED) is 0.161. The number of hydrogen-bond acceptors (Lipinski definition) is 6. The van der Waals surface area contributed by atoms with Gasteiger partial charge in [-0.05, 0) is 31.5 Å². The first-order valence-corrected chi connectivity index (χ1v) is 12.2. The molecule has 2 heterocycles. The molecule has 0 fully saturated rings.